The zero-order valence-electron chi connectivity index (χ0n) is 11.7. The minimum absolute atomic E-state index is 0.224. The summed E-state index contributed by atoms with van der Waals surface area (Å²) in [5.74, 6) is 0.988. The Morgan fingerprint density at radius 1 is 1.28 bits per heavy atom. The molecule has 0 bridgehead atoms. The molecule has 1 aliphatic heterocycles. The first-order valence-corrected chi connectivity index (χ1v) is 6.75. The Labute approximate surface area is 110 Å². The molecule has 0 radical (unpaired) electrons. The minimum Gasteiger partial charge on any atom is -0.468 e. The number of piperazine rings is 1. The van der Waals surface area contributed by atoms with Gasteiger partial charge in [0.05, 0.1) is 12.3 Å². The standard InChI is InChI=1S/C14H25N3O/c1-14(2,3)17-8-6-16(7-9-17)12(11-15)13-5-4-10-18-13/h4-5,10,12H,6-9,11,15H2,1-3H3. The van der Waals surface area contributed by atoms with Crippen molar-refractivity contribution in [3.05, 3.63) is 24.2 Å². The normalized spacial score (nSPS) is 21.1. The Hall–Kier alpha value is -0.840. The molecule has 2 rings (SSSR count). The molecule has 0 spiro atoms. The van der Waals surface area contributed by atoms with Crippen molar-refractivity contribution in [3.8, 4) is 0 Å². The first-order chi connectivity index (χ1) is 8.52. The Morgan fingerprint density at radius 3 is 2.39 bits per heavy atom. The fourth-order valence-corrected chi connectivity index (χ4v) is 2.63. The van der Waals surface area contributed by atoms with Crippen LogP contribution < -0.4 is 5.73 Å². The van der Waals surface area contributed by atoms with E-state index in [9.17, 15) is 0 Å². The lowest BCUT2D eigenvalue weighted by Crippen LogP contribution is -2.54. The number of hydrogen-bond donors (Lipinski definition) is 1. The van der Waals surface area contributed by atoms with Gasteiger partial charge in [-0.05, 0) is 32.9 Å². The summed E-state index contributed by atoms with van der Waals surface area (Å²) in [5, 5.41) is 0. The van der Waals surface area contributed by atoms with Crippen molar-refractivity contribution in [3.63, 3.8) is 0 Å². The molecule has 18 heavy (non-hydrogen) atoms. The minimum atomic E-state index is 0.224. The van der Waals surface area contributed by atoms with Gasteiger partial charge in [-0.15, -0.1) is 0 Å². The highest BCUT2D eigenvalue weighted by Crippen LogP contribution is 2.23. The van der Waals surface area contributed by atoms with Gasteiger partial charge < -0.3 is 10.2 Å². The molecule has 102 valence electrons. The van der Waals surface area contributed by atoms with Crippen LogP contribution in [0.4, 0.5) is 0 Å². The zero-order chi connectivity index (χ0) is 13.2. The van der Waals surface area contributed by atoms with Crippen molar-refractivity contribution in [2.45, 2.75) is 32.4 Å². The Bertz CT molecular complexity index is 348. The molecule has 0 saturated carbocycles. The van der Waals surface area contributed by atoms with Crippen LogP contribution in [-0.4, -0.2) is 48.1 Å². The fourth-order valence-electron chi connectivity index (χ4n) is 2.63. The van der Waals surface area contributed by atoms with E-state index in [0.717, 1.165) is 31.9 Å². The maximum absolute atomic E-state index is 5.90. The van der Waals surface area contributed by atoms with E-state index in [4.69, 9.17) is 10.2 Å². The highest BCUT2D eigenvalue weighted by molar-refractivity contribution is 5.06. The van der Waals surface area contributed by atoms with Crippen molar-refractivity contribution >= 4 is 0 Å². The maximum Gasteiger partial charge on any atom is 0.122 e. The molecule has 2 heterocycles. The van der Waals surface area contributed by atoms with E-state index in [1.807, 2.05) is 12.1 Å². The summed E-state index contributed by atoms with van der Waals surface area (Å²) in [5.41, 5.74) is 6.16. The topological polar surface area (TPSA) is 45.6 Å². The van der Waals surface area contributed by atoms with Gasteiger partial charge in [-0.2, -0.15) is 0 Å². The van der Waals surface area contributed by atoms with Crippen LogP contribution in [0.15, 0.2) is 22.8 Å². The third-order valence-corrected chi connectivity index (χ3v) is 3.80. The largest absolute Gasteiger partial charge is 0.468 e. The molecular weight excluding hydrogens is 226 g/mol. The van der Waals surface area contributed by atoms with E-state index in [2.05, 4.69) is 30.6 Å². The number of furan rings is 1. The molecule has 0 aliphatic carbocycles. The molecule has 1 unspecified atom stereocenters. The average molecular weight is 251 g/mol. The van der Waals surface area contributed by atoms with Crippen molar-refractivity contribution in [2.75, 3.05) is 32.7 Å². The third-order valence-electron chi connectivity index (χ3n) is 3.80. The quantitative estimate of drug-likeness (QED) is 0.888. The molecular formula is C14H25N3O. The van der Waals surface area contributed by atoms with Crippen LogP contribution in [0.5, 0.6) is 0 Å². The van der Waals surface area contributed by atoms with E-state index in [-0.39, 0.29) is 11.6 Å². The van der Waals surface area contributed by atoms with Crippen LogP contribution in [0.25, 0.3) is 0 Å². The molecule has 1 aromatic rings. The van der Waals surface area contributed by atoms with Crippen molar-refractivity contribution < 1.29 is 4.42 Å². The lowest BCUT2D eigenvalue weighted by atomic mass is 10.0. The van der Waals surface area contributed by atoms with Gasteiger partial charge in [0.2, 0.25) is 0 Å². The summed E-state index contributed by atoms with van der Waals surface area (Å²) in [6.45, 7) is 11.7. The van der Waals surface area contributed by atoms with E-state index >= 15 is 0 Å². The van der Waals surface area contributed by atoms with Gasteiger partial charge in [0.15, 0.2) is 0 Å². The SMILES string of the molecule is CC(C)(C)N1CCN(C(CN)c2ccco2)CC1. The highest BCUT2D eigenvalue weighted by Gasteiger charge is 2.29. The van der Waals surface area contributed by atoms with Gasteiger partial charge in [-0.1, -0.05) is 0 Å². The van der Waals surface area contributed by atoms with Gasteiger partial charge in [0, 0.05) is 38.3 Å². The first-order valence-electron chi connectivity index (χ1n) is 6.75. The van der Waals surface area contributed by atoms with Crippen LogP contribution in [-0.2, 0) is 0 Å². The van der Waals surface area contributed by atoms with Gasteiger partial charge in [0.25, 0.3) is 0 Å². The second-order valence-electron chi connectivity index (χ2n) is 5.96. The summed E-state index contributed by atoms with van der Waals surface area (Å²) < 4.78 is 5.50. The maximum atomic E-state index is 5.90. The lowest BCUT2D eigenvalue weighted by molar-refractivity contribution is 0.0388. The molecule has 1 aliphatic rings. The van der Waals surface area contributed by atoms with E-state index in [1.54, 1.807) is 6.26 Å². The summed E-state index contributed by atoms with van der Waals surface area (Å²) in [6.07, 6.45) is 1.73. The number of rotatable bonds is 3. The molecule has 4 nitrogen and oxygen atoms in total. The van der Waals surface area contributed by atoms with Gasteiger partial charge >= 0.3 is 0 Å². The number of hydrogen-bond acceptors (Lipinski definition) is 4. The first kappa shape index (κ1) is 13.6. The van der Waals surface area contributed by atoms with Crippen LogP contribution >= 0.6 is 0 Å². The van der Waals surface area contributed by atoms with E-state index < -0.39 is 0 Å². The molecule has 0 amide bonds. The molecule has 1 aromatic heterocycles. The Balaban J connectivity index is 1.96. The highest BCUT2D eigenvalue weighted by atomic mass is 16.3. The summed E-state index contributed by atoms with van der Waals surface area (Å²) >= 11 is 0. The molecule has 0 aromatic carbocycles. The van der Waals surface area contributed by atoms with E-state index in [1.165, 1.54) is 0 Å². The number of nitrogens with two attached hydrogens (primary N) is 1. The third kappa shape index (κ3) is 2.94. The van der Waals surface area contributed by atoms with Crippen LogP contribution in [0.1, 0.15) is 32.6 Å². The second kappa shape index (κ2) is 5.43. The number of nitrogens with zero attached hydrogens (tertiary/aromatic N) is 2. The van der Waals surface area contributed by atoms with Crippen LogP contribution in [0.3, 0.4) is 0 Å². The second-order valence-corrected chi connectivity index (χ2v) is 5.96. The molecule has 1 saturated heterocycles. The fraction of sp³-hybridized carbons (Fsp3) is 0.714. The molecule has 1 atom stereocenters. The summed E-state index contributed by atoms with van der Waals surface area (Å²) in [4.78, 5) is 4.96. The van der Waals surface area contributed by atoms with Gasteiger partial charge in [0.1, 0.15) is 5.76 Å². The lowest BCUT2D eigenvalue weighted by Gasteiger charge is -2.44. The monoisotopic (exact) mass is 251 g/mol. The molecule has 4 heteroatoms. The predicted octanol–water partition coefficient (Wildman–Crippen LogP) is 1.70. The zero-order valence-corrected chi connectivity index (χ0v) is 11.7. The van der Waals surface area contributed by atoms with Crippen molar-refractivity contribution in [1.29, 1.82) is 0 Å². The van der Waals surface area contributed by atoms with Crippen LogP contribution in [0, 0.1) is 0 Å². The molecule has 2 N–H and O–H groups in total. The Kier molecular flexibility index (Phi) is 4.10. The van der Waals surface area contributed by atoms with Crippen molar-refractivity contribution in [2.24, 2.45) is 5.73 Å². The average Bonchev–Trinajstić information content (AvgIpc) is 2.83. The summed E-state index contributed by atoms with van der Waals surface area (Å²) in [7, 11) is 0. The molecule has 1 fully saturated rings. The van der Waals surface area contributed by atoms with Gasteiger partial charge in [-0.25, -0.2) is 0 Å². The van der Waals surface area contributed by atoms with Crippen molar-refractivity contribution in [1.82, 2.24) is 9.80 Å². The van der Waals surface area contributed by atoms with E-state index in [0.29, 0.717) is 6.54 Å². The smallest absolute Gasteiger partial charge is 0.122 e. The van der Waals surface area contributed by atoms with Gasteiger partial charge in [-0.3, -0.25) is 9.80 Å². The summed E-state index contributed by atoms with van der Waals surface area (Å²) in [6, 6.07) is 4.18. The van der Waals surface area contributed by atoms with Crippen LogP contribution in [0.2, 0.25) is 0 Å². The Morgan fingerprint density at radius 2 is 1.94 bits per heavy atom. The predicted molar refractivity (Wildman–Crippen MR) is 73.4 cm³/mol.